The van der Waals surface area contributed by atoms with Crippen LogP contribution >= 0.6 is 23.2 Å². The number of nitrogens with one attached hydrogen (secondary N) is 1. The van der Waals surface area contributed by atoms with Gasteiger partial charge >= 0.3 is 0 Å². The van der Waals surface area contributed by atoms with Gasteiger partial charge in [0.1, 0.15) is 0 Å². The fraction of sp³-hybridized carbons (Fsp3) is 0.308. The molecule has 0 bridgehead atoms. The van der Waals surface area contributed by atoms with Crippen LogP contribution in [0.1, 0.15) is 5.56 Å². The second kappa shape index (κ2) is 8.17. The Kier molecular flexibility index (Phi) is 6.87. The van der Waals surface area contributed by atoms with Crippen molar-refractivity contribution in [1.29, 1.82) is 0 Å². The van der Waals surface area contributed by atoms with Crippen LogP contribution in [0.2, 0.25) is 10.0 Å². The summed E-state index contributed by atoms with van der Waals surface area (Å²) < 4.78 is 4.74. The van der Waals surface area contributed by atoms with Gasteiger partial charge in [0, 0.05) is 35.3 Å². The Labute approximate surface area is 122 Å². The van der Waals surface area contributed by atoms with Crippen molar-refractivity contribution in [2.24, 2.45) is 0 Å². The molecule has 1 unspecified atom stereocenters. The van der Waals surface area contributed by atoms with Gasteiger partial charge in [0.15, 0.2) is 0 Å². The van der Waals surface area contributed by atoms with Gasteiger partial charge in [-0.1, -0.05) is 29.3 Å². The van der Waals surface area contributed by atoms with Gasteiger partial charge in [-0.15, -0.1) is 0 Å². The van der Waals surface area contributed by atoms with E-state index in [4.69, 9.17) is 27.9 Å². The van der Waals surface area contributed by atoms with Gasteiger partial charge in [-0.2, -0.15) is 0 Å². The smallest absolute Gasteiger partial charge is 0.244 e. The Balaban J connectivity index is 2.54. The molecule has 0 aromatic heterocycles. The van der Waals surface area contributed by atoms with Crippen molar-refractivity contribution in [3.63, 3.8) is 0 Å². The summed E-state index contributed by atoms with van der Waals surface area (Å²) in [5.41, 5.74) is 0.582. The summed E-state index contributed by atoms with van der Waals surface area (Å²) in [4.78, 5) is 11.5. The first kappa shape index (κ1) is 16.0. The fourth-order valence-corrected chi connectivity index (χ4v) is 1.88. The number of carbonyl (C=O) groups excluding carboxylic acids is 1. The van der Waals surface area contributed by atoms with E-state index in [0.717, 1.165) is 0 Å². The number of aliphatic hydroxyl groups excluding tert-OH is 1. The molecule has 0 heterocycles. The van der Waals surface area contributed by atoms with E-state index in [1.54, 1.807) is 18.2 Å². The van der Waals surface area contributed by atoms with Crippen LogP contribution in [0.15, 0.2) is 24.3 Å². The van der Waals surface area contributed by atoms with Crippen molar-refractivity contribution < 1.29 is 14.6 Å². The van der Waals surface area contributed by atoms with E-state index in [-0.39, 0.29) is 19.1 Å². The minimum Gasteiger partial charge on any atom is -0.389 e. The fourth-order valence-electron chi connectivity index (χ4n) is 1.36. The SMILES string of the molecule is COCC(O)CNC(=O)/C=C/c1c(Cl)cccc1Cl. The molecule has 0 aliphatic heterocycles. The number of ether oxygens (including phenoxy) is 1. The molecular formula is C13H15Cl2NO3. The zero-order valence-electron chi connectivity index (χ0n) is 10.4. The van der Waals surface area contributed by atoms with Gasteiger partial charge in [0.25, 0.3) is 0 Å². The maximum absolute atomic E-state index is 11.5. The van der Waals surface area contributed by atoms with Crippen LogP contribution in [0.25, 0.3) is 6.08 Å². The number of amides is 1. The average molecular weight is 304 g/mol. The summed E-state index contributed by atoms with van der Waals surface area (Å²) in [5.74, 6) is -0.342. The third-order valence-electron chi connectivity index (χ3n) is 2.27. The molecule has 0 saturated heterocycles. The molecule has 2 N–H and O–H groups in total. The van der Waals surface area contributed by atoms with Gasteiger partial charge in [0.2, 0.25) is 5.91 Å². The van der Waals surface area contributed by atoms with E-state index in [1.807, 2.05) is 0 Å². The van der Waals surface area contributed by atoms with Gasteiger partial charge in [-0.3, -0.25) is 4.79 Å². The topological polar surface area (TPSA) is 58.6 Å². The predicted octanol–water partition coefficient (Wildman–Crippen LogP) is 2.13. The molecule has 0 aliphatic rings. The quantitative estimate of drug-likeness (QED) is 0.792. The van der Waals surface area contributed by atoms with E-state index in [9.17, 15) is 9.90 Å². The molecule has 1 amide bonds. The maximum Gasteiger partial charge on any atom is 0.244 e. The summed E-state index contributed by atoms with van der Waals surface area (Å²) in [6, 6.07) is 5.10. The maximum atomic E-state index is 11.5. The molecule has 1 aromatic rings. The highest BCUT2D eigenvalue weighted by Gasteiger charge is 2.05. The first-order valence-electron chi connectivity index (χ1n) is 5.61. The third kappa shape index (κ3) is 5.61. The minimum atomic E-state index is -0.730. The van der Waals surface area contributed by atoms with Gasteiger partial charge in [0.05, 0.1) is 12.7 Å². The van der Waals surface area contributed by atoms with Crippen LogP contribution in [0.5, 0.6) is 0 Å². The van der Waals surface area contributed by atoms with E-state index >= 15 is 0 Å². The van der Waals surface area contributed by atoms with Crippen LogP contribution in [0.4, 0.5) is 0 Å². The second-order valence-electron chi connectivity index (χ2n) is 3.82. The molecule has 0 fully saturated rings. The van der Waals surface area contributed by atoms with Gasteiger partial charge in [-0.25, -0.2) is 0 Å². The Morgan fingerprint density at radius 1 is 1.47 bits per heavy atom. The monoisotopic (exact) mass is 303 g/mol. The lowest BCUT2D eigenvalue weighted by Crippen LogP contribution is -2.33. The number of hydrogen-bond donors (Lipinski definition) is 2. The number of aliphatic hydroxyl groups is 1. The normalized spacial score (nSPS) is 12.6. The molecular weight excluding hydrogens is 289 g/mol. The lowest BCUT2D eigenvalue weighted by atomic mass is 10.2. The van der Waals surface area contributed by atoms with Gasteiger partial charge < -0.3 is 15.2 Å². The number of hydrogen-bond acceptors (Lipinski definition) is 3. The van der Waals surface area contributed by atoms with Crippen LogP contribution in [0, 0.1) is 0 Å². The zero-order valence-corrected chi connectivity index (χ0v) is 11.9. The lowest BCUT2D eigenvalue weighted by Gasteiger charge is -2.09. The molecule has 1 rings (SSSR count). The zero-order chi connectivity index (χ0) is 14.3. The molecule has 4 nitrogen and oxygen atoms in total. The predicted molar refractivity (Wildman–Crippen MR) is 76.4 cm³/mol. The number of methoxy groups -OCH3 is 1. The largest absolute Gasteiger partial charge is 0.389 e. The Morgan fingerprint density at radius 2 is 2.11 bits per heavy atom. The third-order valence-corrected chi connectivity index (χ3v) is 2.93. The van der Waals surface area contributed by atoms with E-state index in [2.05, 4.69) is 5.32 Å². The number of carbonyl (C=O) groups is 1. The molecule has 1 aromatic carbocycles. The summed E-state index contributed by atoms with van der Waals surface area (Å²) >= 11 is 11.9. The average Bonchev–Trinajstić information content (AvgIpc) is 2.36. The Bertz CT molecular complexity index is 443. The summed E-state index contributed by atoms with van der Waals surface area (Å²) in [5, 5.41) is 12.8. The molecule has 1 atom stereocenters. The van der Waals surface area contributed by atoms with Crippen LogP contribution in [-0.4, -0.2) is 37.4 Å². The van der Waals surface area contributed by atoms with Crippen LogP contribution < -0.4 is 5.32 Å². The molecule has 0 spiro atoms. The highest BCUT2D eigenvalue weighted by molar-refractivity contribution is 6.37. The van der Waals surface area contributed by atoms with E-state index in [1.165, 1.54) is 19.3 Å². The molecule has 104 valence electrons. The Hall–Kier alpha value is -1.07. The molecule has 6 heteroatoms. The standard InChI is InChI=1S/C13H15Cl2NO3/c1-19-8-9(17)7-16-13(18)6-5-10-11(14)3-2-4-12(10)15/h2-6,9,17H,7-8H2,1H3,(H,16,18)/b6-5+. The lowest BCUT2D eigenvalue weighted by molar-refractivity contribution is -0.117. The highest BCUT2D eigenvalue weighted by Crippen LogP contribution is 2.25. The molecule has 0 aliphatic carbocycles. The van der Waals surface area contributed by atoms with Crippen molar-refractivity contribution in [3.8, 4) is 0 Å². The minimum absolute atomic E-state index is 0.118. The number of halogens is 2. The van der Waals surface area contributed by atoms with E-state index in [0.29, 0.717) is 15.6 Å². The molecule has 0 saturated carbocycles. The first-order valence-corrected chi connectivity index (χ1v) is 6.37. The van der Waals surface area contributed by atoms with Gasteiger partial charge in [-0.05, 0) is 18.2 Å². The molecule has 0 radical (unpaired) electrons. The highest BCUT2D eigenvalue weighted by atomic mass is 35.5. The summed E-state index contributed by atoms with van der Waals surface area (Å²) in [6.07, 6.45) is 2.11. The molecule has 19 heavy (non-hydrogen) atoms. The van der Waals surface area contributed by atoms with Crippen LogP contribution in [-0.2, 0) is 9.53 Å². The second-order valence-corrected chi connectivity index (χ2v) is 4.64. The number of rotatable bonds is 6. The van der Waals surface area contributed by atoms with Crippen molar-refractivity contribution in [2.75, 3.05) is 20.3 Å². The Morgan fingerprint density at radius 3 is 2.68 bits per heavy atom. The van der Waals surface area contributed by atoms with Crippen molar-refractivity contribution in [1.82, 2.24) is 5.32 Å². The number of benzene rings is 1. The van der Waals surface area contributed by atoms with E-state index < -0.39 is 6.10 Å². The summed E-state index contributed by atoms with van der Waals surface area (Å²) in [6.45, 7) is 0.285. The van der Waals surface area contributed by atoms with Crippen molar-refractivity contribution >= 4 is 35.2 Å². The van der Waals surface area contributed by atoms with Crippen molar-refractivity contribution in [3.05, 3.63) is 39.9 Å². The summed E-state index contributed by atoms with van der Waals surface area (Å²) in [7, 11) is 1.48. The first-order chi connectivity index (χ1) is 9.04. The van der Waals surface area contributed by atoms with Crippen molar-refractivity contribution in [2.45, 2.75) is 6.10 Å². The van der Waals surface area contributed by atoms with Crippen LogP contribution in [0.3, 0.4) is 0 Å².